The van der Waals surface area contributed by atoms with Gasteiger partial charge in [0.25, 0.3) is 11.6 Å². The molecule has 0 fully saturated rings. The van der Waals surface area contributed by atoms with Gasteiger partial charge in [0.2, 0.25) is 5.91 Å². The Morgan fingerprint density at radius 1 is 1.14 bits per heavy atom. The van der Waals surface area contributed by atoms with E-state index in [2.05, 4.69) is 15.8 Å². The summed E-state index contributed by atoms with van der Waals surface area (Å²) < 4.78 is 5.06. The van der Waals surface area contributed by atoms with Gasteiger partial charge in [-0.2, -0.15) is 5.10 Å². The van der Waals surface area contributed by atoms with Crippen molar-refractivity contribution >= 4 is 23.7 Å². The van der Waals surface area contributed by atoms with Crippen molar-refractivity contribution in [1.29, 1.82) is 0 Å². The number of non-ortho nitro benzene ring substituents is 1. The Balaban J connectivity index is 1.66. The molecule has 2 N–H and O–H groups in total. The molecule has 28 heavy (non-hydrogen) atoms. The molecule has 0 atom stereocenters. The molecule has 2 amide bonds. The molecule has 9 heteroatoms. The van der Waals surface area contributed by atoms with Gasteiger partial charge in [0.15, 0.2) is 0 Å². The maximum absolute atomic E-state index is 11.9. The maximum atomic E-state index is 11.9. The van der Waals surface area contributed by atoms with Crippen LogP contribution in [-0.4, -0.2) is 36.6 Å². The fourth-order valence-corrected chi connectivity index (χ4v) is 2.21. The zero-order valence-corrected chi connectivity index (χ0v) is 15.3. The van der Waals surface area contributed by atoms with Crippen molar-refractivity contribution in [1.82, 2.24) is 10.7 Å². The third-order valence-corrected chi connectivity index (χ3v) is 3.73. The van der Waals surface area contributed by atoms with E-state index in [1.165, 1.54) is 30.5 Å². The van der Waals surface area contributed by atoms with Crippen molar-refractivity contribution in [3.63, 3.8) is 0 Å². The first kappa shape index (κ1) is 20.6. The molecular formula is C19H20N4O5. The minimum atomic E-state index is -0.530. The number of hydrogen-bond acceptors (Lipinski definition) is 6. The van der Waals surface area contributed by atoms with Crippen molar-refractivity contribution < 1.29 is 19.2 Å². The first-order valence-electron chi connectivity index (χ1n) is 8.48. The molecule has 0 aliphatic heterocycles. The second-order valence-corrected chi connectivity index (χ2v) is 5.73. The lowest BCUT2D eigenvalue weighted by Gasteiger charge is -2.05. The van der Waals surface area contributed by atoms with E-state index in [-0.39, 0.29) is 23.9 Å². The van der Waals surface area contributed by atoms with E-state index in [1.807, 2.05) is 12.1 Å². The van der Waals surface area contributed by atoms with Crippen molar-refractivity contribution in [2.24, 2.45) is 5.10 Å². The first-order valence-corrected chi connectivity index (χ1v) is 8.48. The Morgan fingerprint density at radius 3 is 2.43 bits per heavy atom. The summed E-state index contributed by atoms with van der Waals surface area (Å²) in [4.78, 5) is 33.7. The van der Waals surface area contributed by atoms with E-state index in [4.69, 9.17) is 4.74 Å². The summed E-state index contributed by atoms with van der Waals surface area (Å²) in [6.45, 7) is 0.297. The van der Waals surface area contributed by atoms with Gasteiger partial charge in [0.05, 0.1) is 18.2 Å². The van der Waals surface area contributed by atoms with Gasteiger partial charge in [0, 0.05) is 30.7 Å². The predicted octanol–water partition coefficient (Wildman–Crippen LogP) is 2.26. The number of ether oxygens (including phenoxy) is 1. The van der Waals surface area contributed by atoms with Gasteiger partial charge >= 0.3 is 0 Å². The summed E-state index contributed by atoms with van der Waals surface area (Å²) in [5.74, 6) is 0.110. The molecule has 9 nitrogen and oxygen atoms in total. The molecule has 0 saturated heterocycles. The maximum Gasteiger partial charge on any atom is 0.269 e. The van der Waals surface area contributed by atoms with Crippen LogP contribution in [0.25, 0.3) is 0 Å². The van der Waals surface area contributed by atoms with Crippen LogP contribution in [0.4, 0.5) is 5.69 Å². The van der Waals surface area contributed by atoms with Gasteiger partial charge in [-0.15, -0.1) is 0 Å². The van der Waals surface area contributed by atoms with Gasteiger partial charge in [-0.3, -0.25) is 19.7 Å². The molecular weight excluding hydrogens is 364 g/mol. The van der Waals surface area contributed by atoms with E-state index < -0.39 is 4.92 Å². The number of rotatable bonds is 9. The van der Waals surface area contributed by atoms with Crippen LogP contribution in [-0.2, 0) is 4.79 Å². The van der Waals surface area contributed by atoms with Gasteiger partial charge in [-0.05, 0) is 48.4 Å². The minimum absolute atomic E-state index is 0.0802. The highest BCUT2D eigenvalue weighted by Gasteiger charge is 2.09. The Morgan fingerprint density at radius 2 is 1.82 bits per heavy atom. The molecule has 0 heterocycles. The molecule has 2 rings (SSSR count). The van der Waals surface area contributed by atoms with Gasteiger partial charge in [0.1, 0.15) is 5.75 Å². The molecule has 2 aromatic rings. The number of carbonyl (C=O) groups excluding carboxylic acids is 2. The number of carbonyl (C=O) groups is 2. The minimum Gasteiger partial charge on any atom is -0.497 e. The molecule has 0 bridgehead atoms. The van der Waals surface area contributed by atoms with Crippen molar-refractivity contribution in [2.45, 2.75) is 12.8 Å². The predicted molar refractivity (Wildman–Crippen MR) is 103 cm³/mol. The SMILES string of the molecule is COc1ccc(/C=N/NC(=O)CCCNC(=O)c2ccc([N+](=O)[O-])cc2)cc1. The van der Waals surface area contributed by atoms with Crippen LogP contribution < -0.4 is 15.5 Å². The van der Waals surface area contributed by atoms with Crippen LogP contribution in [0.2, 0.25) is 0 Å². The number of benzene rings is 2. The molecule has 2 aromatic carbocycles. The third kappa shape index (κ3) is 6.52. The fourth-order valence-electron chi connectivity index (χ4n) is 2.21. The number of nitro benzene ring substituents is 1. The van der Waals surface area contributed by atoms with Crippen molar-refractivity contribution in [3.05, 3.63) is 69.8 Å². The quantitative estimate of drug-likeness (QED) is 0.297. The smallest absolute Gasteiger partial charge is 0.269 e. The van der Waals surface area contributed by atoms with E-state index in [0.29, 0.717) is 18.5 Å². The van der Waals surface area contributed by atoms with Crippen LogP contribution in [0.5, 0.6) is 5.75 Å². The summed E-state index contributed by atoms with van der Waals surface area (Å²) in [6, 6.07) is 12.5. The second kappa shape index (κ2) is 10.4. The highest BCUT2D eigenvalue weighted by atomic mass is 16.6. The van der Waals surface area contributed by atoms with E-state index in [0.717, 1.165) is 11.3 Å². The largest absolute Gasteiger partial charge is 0.497 e. The Kier molecular flexibility index (Phi) is 7.64. The molecule has 146 valence electrons. The number of methoxy groups -OCH3 is 1. The number of hydrogen-bond donors (Lipinski definition) is 2. The van der Waals surface area contributed by atoms with Gasteiger partial charge in [-0.25, -0.2) is 5.43 Å². The number of nitrogens with zero attached hydrogens (tertiary/aromatic N) is 2. The molecule has 0 aliphatic carbocycles. The highest BCUT2D eigenvalue weighted by molar-refractivity contribution is 5.94. The monoisotopic (exact) mass is 384 g/mol. The summed E-state index contributed by atoms with van der Waals surface area (Å²) in [6.07, 6.45) is 2.15. The van der Waals surface area contributed by atoms with Crippen LogP contribution in [0, 0.1) is 10.1 Å². The topological polar surface area (TPSA) is 123 Å². The normalized spacial score (nSPS) is 10.5. The Bertz CT molecular complexity index is 848. The average molecular weight is 384 g/mol. The number of nitro groups is 1. The van der Waals surface area contributed by atoms with Gasteiger partial charge < -0.3 is 10.1 Å². The fraction of sp³-hybridized carbons (Fsp3) is 0.211. The summed E-state index contributed by atoms with van der Waals surface area (Å²) in [7, 11) is 1.58. The molecule has 0 aliphatic rings. The standard InChI is InChI=1S/C19H20N4O5/c1-28-17-10-4-14(5-11-17)13-21-22-18(24)3-2-12-20-19(25)15-6-8-16(9-7-15)23(26)27/h4-11,13H,2-3,12H2,1H3,(H,20,25)(H,22,24)/b21-13+. The summed E-state index contributed by atoms with van der Waals surface area (Å²) in [5, 5.41) is 17.1. The van der Waals surface area contributed by atoms with Crippen LogP contribution >= 0.6 is 0 Å². The molecule has 0 unspecified atom stereocenters. The lowest BCUT2D eigenvalue weighted by molar-refractivity contribution is -0.384. The Labute approximate surface area is 161 Å². The summed E-state index contributed by atoms with van der Waals surface area (Å²) in [5.41, 5.74) is 3.47. The van der Waals surface area contributed by atoms with Crippen LogP contribution in [0.1, 0.15) is 28.8 Å². The first-order chi connectivity index (χ1) is 13.5. The van der Waals surface area contributed by atoms with Crippen molar-refractivity contribution in [2.75, 3.05) is 13.7 Å². The summed E-state index contributed by atoms with van der Waals surface area (Å²) >= 11 is 0. The Hall–Kier alpha value is -3.75. The zero-order chi connectivity index (χ0) is 20.4. The number of nitrogens with one attached hydrogen (secondary N) is 2. The number of hydrazone groups is 1. The highest BCUT2D eigenvalue weighted by Crippen LogP contribution is 2.12. The van der Waals surface area contributed by atoms with Crippen LogP contribution in [0.3, 0.4) is 0 Å². The van der Waals surface area contributed by atoms with E-state index in [9.17, 15) is 19.7 Å². The van der Waals surface area contributed by atoms with E-state index in [1.54, 1.807) is 19.2 Å². The lowest BCUT2D eigenvalue weighted by Crippen LogP contribution is -2.26. The van der Waals surface area contributed by atoms with Crippen molar-refractivity contribution in [3.8, 4) is 5.75 Å². The molecule has 0 spiro atoms. The van der Waals surface area contributed by atoms with Gasteiger partial charge in [-0.1, -0.05) is 0 Å². The lowest BCUT2D eigenvalue weighted by atomic mass is 10.2. The third-order valence-electron chi connectivity index (χ3n) is 3.73. The zero-order valence-electron chi connectivity index (χ0n) is 15.3. The number of amides is 2. The van der Waals surface area contributed by atoms with Crippen LogP contribution in [0.15, 0.2) is 53.6 Å². The second-order valence-electron chi connectivity index (χ2n) is 5.73. The average Bonchev–Trinajstić information content (AvgIpc) is 2.71. The molecule has 0 radical (unpaired) electrons. The van der Waals surface area contributed by atoms with E-state index >= 15 is 0 Å². The molecule has 0 saturated carbocycles. The molecule has 0 aromatic heterocycles.